The largest absolute Gasteiger partial charge is 0.392 e. The average molecular weight is 391 g/mol. The van der Waals surface area contributed by atoms with Crippen LogP contribution in [0.3, 0.4) is 0 Å². The summed E-state index contributed by atoms with van der Waals surface area (Å²) in [6.45, 7) is 4.71. The lowest BCUT2D eigenvalue weighted by molar-refractivity contribution is -0.138. The molecular formula is C15H23BrN2OS2. The number of thiocarbonyl (C=S) groups is 1. The zero-order valence-electron chi connectivity index (χ0n) is 12.8. The Balaban J connectivity index is 2.95. The van der Waals surface area contributed by atoms with Crippen LogP contribution in [0.4, 0.5) is 0 Å². The van der Waals surface area contributed by atoms with E-state index in [1.807, 2.05) is 18.5 Å². The van der Waals surface area contributed by atoms with Crippen molar-refractivity contribution in [1.29, 1.82) is 0 Å². The first-order valence-electron chi connectivity index (χ1n) is 7.15. The van der Waals surface area contributed by atoms with Crippen molar-refractivity contribution in [3.8, 4) is 0 Å². The minimum atomic E-state index is -0.692. The van der Waals surface area contributed by atoms with E-state index < -0.39 is 5.41 Å². The van der Waals surface area contributed by atoms with Crippen LogP contribution in [0.1, 0.15) is 44.4 Å². The van der Waals surface area contributed by atoms with Gasteiger partial charge in [0, 0.05) is 21.8 Å². The Labute approximate surface area is 145 Å². The highest BCUT2D eigenvalue weighted by molar-refractivity contribution is 9.10. The maximum Gasteiger partial charge on any atom is 0.235 e. The van der Waals surface area contributed by atoms with Gasteiger partial charge in [0.15, 0.2) is 0 Å². The molecule has 0 aliphatic heterocycles. The molecule has 0 bridgehead atoms. The Morgan fingerprint density at radius 1 is 1.43 bits per heavy atom. The second-order valence-electron chi connectivity index (χ2n) is 5.34. The van der Waals surface area contributed by atoms with Gasteiger partial charge in [0.05, 0.1) is 16.9 Å². The Morgan fingerprint density at radius 3 is 2.38 bits per heavy atom. The summed E-state index contributed by atoms with van der Waals surface area (Å²) >= 11 is 10.3. The van der Waals surface area contributed by atoms with Gasteiger partial charge in [-0.2, -0.15) is 0 Å². The number of amides is 1. The number of halogens is 1. The predicted octanol–water partition coefficient (Wildman–Crippen LogP) is 4.34. The highest BCUT2D eigenvalue weighted by atomic mass is 79.9. The number of hydrogen-bond acceptors (Lipinski definition) is 3. The van der Waals surface area contributed by atoms with Gasteiger partial charge in [0.2, 0.25) is 5.91 Å². The molecule has 0 radical (unpaired) electrons. The van der Waals surface area contributed by atoms with Crippen LogP contribution in [0.5, 0.6) is 0 Å². The monoisotopic (exact) mass is 390 g/mol. The lowest BCUT2D eigenvalue weighted by Gasteiger charge is -2.34. The molecule has 0 aromatic carbocycles. The van der Waals surface area contributed by atoms with Gasteiger partial charge < -0.3 is 10.6 Å². The summed E-state index contributed by atoms with van der Waals surface area (Å²) < 4.78 is 1.05. The van der Waals surface area contributed by atoms with Gasteiger partial charge in [-0.1, -0.05) is 38.9 Å². The minimum absolute atomic E-state index is 0.0447. The van der Waals surface area contributed by atoms with E-state index in [-0.39, 0.29) is 5.91 Å². The first-order chi connectivity index (χ1) is 9.87. The summed E-state index contributed by atoms with van der Waals surface area (Å²) in [7, 11) is 1.83. The molecule has 0 atom stereocenters. The number of rotatable bonds is 8. The van der Waals surface area contributed by atoms with Crippen LogP contribution in [0.2, 0.25) is 0 Å². The van der Waals surface area contributed by atoms with Crippen molar-refractivity contribution in [2.45, 2.75) is 46.1 Å². The highest BCUT2D eigenvalue weighted by Crippen LogP contribution is 2.33. The number of thiophene rings is 1. The summed E-state index contributed by atoms with van der Waals surface area (Å²) in [6, 6.07) is 2.04. The molecule has 2 N–H and O–H groups in total. The third-order valence-electron chi connectivity index (χ3n) is 3.60. The van der Waals surface area contributed by atoms with Gasteiger partial charge in [-0.05, 0) is 34.8 Å². The lowest BCUT2D eigenvalue weighted by Crippen LogP contribution is -2.49. The second-order valence-corrected chi connectivity index (χ2v) is 7.69. The van der Waals surface area contributed by atoms with Crippen LogP contribution in [0.25, 0.3) is 0 Å². The fourth-order valence-corrected chi connectivity index (χ4v) is 4.45. The van der Waals surface area contributed by atoms with E-state index in [9.17, 15) is 4.79 Å². The molecule has 0 unspecified atom stereocenters. The molecule has 1 amide bonds. The zero-order valence-corrected chi connectivity index (χ0v) is 16.0. The molecule has 6 heteroatoms. The topological polar surface area (TPSA) is 46.3 Å². The third kappa shape index (κ3) is 4.50. The quantitative estimate of drug-likeness (QED) is 0.671. The van der Waals surface area contributed by atoms with Gasteiger partial charge in [0.1, 0.15) is 0 Å². The van der Waals surface area contributed by atoms with Crippen LogP contribution in [-0.2, 0) is 11.3 Å². The van der Waals surface area contributed by atoms with E-state index in [0.29, 0.717) is 24.4 Å². The molecule has 0 spiro atoms. The Hall–Kier alpha value is -0.460. The van der Waals surface area contributed by atoms with E-state index in [1.54, 1.807) is 16.2 Å². The molecule has 21 heavy (non-hydrogen) atoms. The first kappa shape index (κ1) is 18.6. The van der Waals surface area contributed by atoms with Crippen molar-refractivity contribution in [3.63, 3.8) is 0 Å². The van der Waals surface area contributed by atoms with Crippen molar-refractivity contribution >= 4 is 50.4 Å². The Kier molecular flexibility index (Phi) is 7.30. The van der Waals surface area contributed by atoms with Crippen LogP contribution in [-0.4, -0.2) is 22.8 Å². The van der Waals surface area contributed by atoms with Gasteiger partial charge in [-0.25, -0.2) is 0 Å². The fraction of sp³-hybridized carbons (Fsp3) is 0.600. The molecule has 3 nitrogen and oxygen atoms in total. The maximum atomic E-state index is 12.9. The molecule has 0 aliphatic rings. The number of nitrogens with zero attached hydrogens (tertiary/aromatic N) is 1. The van der Waals surface area contributed by atoms with E-state index in [1.165, 1.54) is 0 Å². The number of carbonyl (C=O) groups is 1. The number of hydrogen-bond donors (Lipinski definition) is 1. The van der Waals surface area contributed by atoms with Crippen LogP contribution in [0, 0.1) is 5.41 Å². The molecule has 1 aromatic rings. The summed E-state index contributed by atoms with van der Waals surface area (Å²) in [5.41, 5.74) is 5.27. The molecule has 118 valence electrons. The van der Waals surface area contributed by atoms with Gasteiger partial charge in [-0.3, -0.25) is 4.79 Å². The Morgan fingerprint density at radius 2 is 2.00 bits per heavy atom. The van der Waals surface area contributed by atoms with Gasteiger partial charge >= 0.3 is 0 Å². The standard InChI is InChI=1S/C15H23BrN2OS2/c1-4-6-15(7-5-2,13(17)20)14(19)18(3)9-12-8-11(16)10-21-12/h8,10H,4-7,9H2,1-3H3,(H2,17,20). The molecule has 0 saturated heterocycles. The lowest BCUT2D eigenvalue weighted by atomic mass is 9.77. The van der Waals surface area contributed by atoms with E-state index >= 15 is 0 Å². The fourth-order valence-electron chi connectivity index (χ4n) is 2.65. The molecule has 0 aliphatic carbocycles. The zero-order chi connectivity index (χ0) is 16.0. The number of nitrogens with two attached hydrogens (primary N) is 1. The van der Waals surface area contributed by atoms with Crippen LogP contribution >= 0.6 is 39.5 Å². The minimum Gasteiger partial charge on any atom is -0.392 e. The van der Waals surface area contributed by atoms with Crippen molar-refractivity contribution in [1.82, 2.24) is 4.90 Å². The second kappa shape index (κ2) is 8.25. The average Bonchev–Trinajstić information content (AvgIpc) is 2.82. The molecule has 1 heterocycles. The van der Waals surface area contributed by atoms with Gasteiger partial charge in [0.25, 0.3) is 0 Å². The third-order valence-corrected chi connectivity index (χ3v) is 5.67. The smallest absolute Gasteiger partial charge is 0.235 e. The molecule has 1 rings (SSSR count). The van der Waals surface area contributed by atoms with Gasteiger partial charge in [-0.15, -0.1) is 11.3 Å². The van der Waals surface area contributed by atoms with Crippen molar-refractivity contribution in [2.24, 2.45) is 11.1 Å². The predicted molar refractivity (Wildman–Crippen MR) is 97.5 cm³/mol. The van der Waals surface area contributed by atoms with E-state index in [4.69, 9.17) is 18.0 Å². The Bertz CT molecular complexity index is 496. The number of carbonyl (C=O) groups excluding carboxylic acids is 1. The normalized spacial score (nSPS) is 11.4. The van der Waals surface area contributed by atoms with E-state index in [2.05, 4.69) is 29.8 Å². The maximum absolute atomic E-state index is 12.9. The van der Waals surface area contributed by atoms with Crippen LogP contribution in [0.15, 0.2) is 15.9 Å². The SMILES string of the molecule is CCCC(CCC)(C(=O)N(C)Cc1cc(Br)cs1)C(N)=S. The molecule has 0 fully saturated rings. The molecular weight excluding hydrogens is 368 g/mol. The van der Waals surface area contributed by atoms with Crippen molar-refractivity contribution in [2.75, 3.05) is 7.05 Å². The first-order valence-corrected chi connectivity index (χ1v) is 9.23. The van der Waals surface area contributed by atoms with E-state index in [0.717, 1.165) is 22.2 Å². The van der Waals surface area contributed by atoms with Crippen molar-refractivity contribution in [3.05, 3.63) is 20.8 Å². The molecule has 1 aromatic heterocycles. The highest BCUT2D eigenvalue weighted by Gasteiger charge is 2.41. The van der Waals surface area contributed by atoms with Crippen molar-refractivity contribution < 1.29 is 4.79 Å². The summed E-state index contributed by atoms with van der Waals surface area (Å²) in [5.74, 6) is 0.0447. The van der Waals surface area contributed by atoms with Crippen LogP contribution < -0.4 is 5.73 Å². The summed E-state index contributed by atoms with van der Waals surface area (Å²) in [4.78, 5) is 16.2. The summed E-state index contributed by atoms with van der Waals surface area (Å²) in [6.07, 6.45) is 3.21. The summed E-state index contributed by atoms with van der Waals surface area (Å²) in [5, 5.41) is 2.02. The molecule has 0 saturated carbocycles.